The Morgan fingerprint density at radius 3 is 2.85 bits per heavy atom. The molecule has 1 aromatic carbocycles. The Balaban J connectivity index is 2.33. The van der Waals surface area contributed by atoms with Gasteiger partial charge in [-0.25, -0.2) is 4.98 Å². The second kappa shape index (κ2) is 6.24. The van der Waals surface area contributed by atoms with Gasteiger partial charge in [-0.15, -0.1) is 0 Å². The predicted octanol–water partition coefficient (Wildman–Crippen LogP) is 2.62. The fraction of sp³-hybridized carbons (Fsp3) is 0.429. The van der Waals surface area contributed by atoms with Gasteiger partial charge in [-0.2, -0.15) is 0 Å². The summed E-state index contributed by atoms with van der Waals surface area (Å²) in [5.41, 5.74) is 1.85. The van der Waals surface area contributed by atoms with Crippen LogP contribution in [-0.2, 0) is 17.9 Å². The Bertz CT molecular complexity index is 622. The molecule has 6 heteroatoms. The molecular weight excluding hydrogens is 278 g/mol. The third-order valence-corrected chi connectivity index (χ3v) is 3.25. The number of benzene rings is 1. The molecule has 0 amide bonds. The molecule has 0 spiro atoms. The van der Waals surface area contributed by atoms with Crippen molar-refractivity contribution in [2.24, 2.45) is 0 Å². The molecule has 2 aromatic rings. The molecule has 0 aliphatic heterocycles. The second-order valence-electron chi connectivity index (χ2n) is 5.05. The topological polar surface area (TPSA) is 58.4 Å². The molecule has 0 radical (unpaired) electrons. The van der Waals surface area contributed by atoms with Crippen molar-refractivity contribution in [2.45, 2.75) is 25.9 Å². The number of aryl methyl sites for hydroxylation is 1. The minimum Gasteiger partial charge on any atom is -0.481 e. The fourth-order valence-electron chi connectivity index (χ4n) is 2.19. The Hall–Kier alpha value is -1.59. The Morgan fingerprint density at radius 2 is 2.20 bits per heavy atom. The lowest BCUT2D eigenvalue weighted by molar-refractivity contribution is -0.137. The van der Waals surface area contributed by atoms with E-state index in [1.54, 1.807) is 0 Å². The molecule has 0 bridgehead atoms. The molecule has 5 nitrogen and oxygen atoms in total. The summed E-state index contributed by atoms with van der Waals surface area (Å²) in [5.74, 6) is 0.157. The van der Waals surface area contributed by atoms with Gasteiger partial charge in [0.15, 0.2) is 0 Å². The molecule has 108 valence electrons. The third-order valence-electron chi connectivity index (χ3n) is 3.02. The molecule has 20 heavy (non-hydrogen) atoms. The molecule has 0 saturated carbocycles. The van der Waals surface area contributed by atoms with Crippen molar-refractivity contribution >= 4 is 28.6 Å². The molecular formula is C14H18ClN3O2. The van der Waals surface area contributed by atoms with E-state index in [-0.39, 0.29) is 6.42 Å². The first-order valence-electron chi connectivity index (χ1n) is 6.48. The third kappa shape index (κ3) is 3.49. The van der Waals surface area contributed by atoms with Gasteiger partial charge >= 0.3 is 5.97 Å². The maximum absolute atomic E-state index is 10.6. The molecule has 0 fully saturated rings. The minimum atomic E-state index is -0.772. The first kappa shape index (κ1) is 14.8. The van der Waals surface area contributed by atoms with Gasteiger partial charge in [-0.1, -0.05) is 11.6 Å². The summed E-state index contributed by atoms with van der Waals surface area (Å²) in [5, 5.41) is 9.41. The van der Waals surface area contributed by atoms with Crippen molar-refractivity contribution in [2.75, 3.05) is 14.1 Å². The number of aromatic nitrogens is 2. The highest BCUT2D eigenvalue weighted by molar-refractivity contribution is 6.31. The molecule has 2 rings (SSSR count). The number of imidazole rings is 1. The van der Waals surface area contributed by atoms with Crippen LogP contribution in [0.5, 0.6) is 0 Å². The monoisotopic (exact) mass is 295 g/mol. The van der Waals surface area contributed by atoms with Crippen molar-refractivity contribution in [1.29, 1.82) is 0 Å². The summed E-state index contributed by atoms with van der Waals surface area (Å²) < 4.78 is 2.08. The van der Waals surface area contributed by atoms with E-state index in [1.165, 1.54) is 0 Å². The molecule has 1 heterocycles. The summed E-state index contributed by atoms with van der Waals surface area (Å²) in [6.45, 7) is 1.35. The van der Waals surface area contributed by atoms with Crippen LogP contribution in [0.15, 0.2) is 18.2 Å². The lowest BCUT2D eigenvalue weighted by Crippen LogP contribution is -2.16. The maximum atomic E-state index is 10.6. The molecule has 0 saturated heterocycles. The van der Waals surface area contributed by atoms with Crippen LogP contribution < -0.4 is 0 Å². The number of rotatable bonds is 6. The Morgan fingerprint density at radius 1 is 1.45 bits per heavy atom. The van der Waals surface area contributed by atoms with Gasteiger partial charge in [0.1, 0.15) is 5.82 Å². The highest BCUT2D eigenvalue weighted by Gasteiger charge is 2.12. The van der Waals surface area contributed by atoms with Gasteiger partial charge in [-0.3, -0.25) is 4.79 Å². The second-order valence-corrected chi connectivity index (χ2v) is 5.48. The van der Waals surface area contributed by atoms with E-state index in [0.717, 1.165) is 16.9 Å². The van der Waals surface area contributed by atoms with Crippen molar-refractivity contribution in [3.05, 3.63) is 29.0 Å². The van der Waals surface area contributed by atoms with Crippen LogP contribution in [0.3, 0.4) is 0 Å². The molecule has 1 N–H and O–H groups in total. The summed E-state index contributed by atoms with van der Waals surface area (Å²) in [7, 11) is 3.96. The summed E-state index contributed by atoms with van der Waals surface area (Å²) in [6, 6.07) is 5.60. The maximum Gasteiger partial charge on any atom is 0.303 e. The van der Waals surface area contributed by atoms with E-state index in [9.17, 15) is 4.79 Å². The predicted molar refractivity (Wildman–Crippen MR) is 79.0 cm³/mol. The van der Waals surface area contributed by atoms with E-state index in [2.05, 4.69) is 9.55 Å². The number of carbonyl (C=O) groups is 1. The number of carboxylic acids is 1. The average molecular weight is 296 g/mol. The Kier molecular flexibility index (Phi) is 4.62. The quantitative estimate of drug-likeness (QED) is 0.890. The van der Waals surface area contributed by atoms with Gasteiger partial charge in [-0.05, 0) is 38.7 Å². The van der Waals surface area contributed by atoms with Crippen LogP contribution in [0.1, 0.15) is 18.7 Å². The average Bonchev–Trinajstić information content (AvgIpc) is 2.65. The van der Waals surface area contributed by atoms with Crippen LogP contribution in [-0.4, -0.2) is 39.6 Å². The Labute approximate surface area is 122 Å². The first-order valence-corrected chi connectivity index (χ1v) is 6.86. The first-order chi connectivity index (χ1) is 9.47. The number of hydrogen-bond acceptors (Lipinski definition) is 3. The van der Waals surface area contributed by atoms with E-state index in [1.807, 2.05) is 37.2 Å². The van der Waals surface area contributed by atoms with Gasteiger partial charge in [0.05, 0.1) is 17.6 Å². The van der Waals surface area contributed by atoms with E-state index in [4.69, 9.17) is 16.7 Å². The zero-order valence-corrected chi connectivity index (χ0v) is 12.4. The summed E-state index contributed by atoms with van der Waals surface area (Å²) >= 11 is 5.99. The zero-order chi connectivity index (χ0) is 14.7. The van der Waals surface area contributed by atoms with Crippen molar-refractivity contribution < 1.29 is 9.90 Å². The van der Waals surface area contributed by atoms with Gasteiger partial charge in [0.25, 0.3) is 0 Å². The van der Waals surface area contributed by atoms with Crippen LogP contribution in [0.4, 0.5) is 0 Å². The van der Waals surface area contributed by atoms with Gasteiger partial charge in [0, 0.05) is 18.0 Å². The fourth-order valence-corrected chi connectivity index (χ4v) is 2.36. The van der Waals surface area contributed by atoms with E-state index in [0.29, 0.717) is 24.5 Å². The SMILES string of the molecule is CN(C)Cc1nc2cc(Cl)ccc2n1CCCC(=O)O. The number of nitrogens with zero attached hydrogens (tertiary/aromatic N) is 3. The lowest BCUT2D eigenvalue weighted by Gasteiger charge is -2.12. The molecule has 1 aromatic heterocycles. The van der Waals surface area contributed by atoms with Gasteiger partial charge < -0.3 is 14.6 Å². The van der Waals surface area contributed by atoms with E-state index >= 15 is 0 Å². The number of hydrogen-bond donors (Lipinski definition) is 1. The van der Waals surface area contributed by atoms with Crippen LogP contribution in [0, 0.1) is 0 Å². The molecule has 0 atom stereocenters. The van der Waals surface area contributed by atoms with Gasteiger partial charge in [0.2, 0.25) is 0 Å². The highest BCUT2D eigenvalue weighted by Crippen LogP contribution is 2.21. The largest absolute Gasteiger partial charge is 0.481 e. The summed E-state index contributed by atoms with van der Waals surface area (Å²) in [4.78, 5) is 17.3. The van der Waals surface area contributed by atoms with Crippen LogP contribution >= 0.6 is 11.6 Å². The van der Waals surface area contributed by atoms with Crippen molar-refractivity contribution in [1.82, 2.24) is 14.5 Å². The number of aliphatic carboxylic acids is 1. The molecule has 0 aliphatic rings. The lowest BCUT2D eigenvalue weighted by atomic mass is 10.3. The number of halogens is 1. The van der Waals surface area contributed by atoms with E-state index < -0.39 is 5.97 Å². The highest BCUT2D eigenvalue weighted by atomic mass is 35.5. The number of fused-ring (bicyclic) bond motifs is 1. The molecule has 0 unspecified atom stereocenters. The standard InChI is InChI=1S/C14H18ClN3O2/c1-17(2)9-13-16-11-8-10(15)5-6-12(11)18(13)7-3-4-14(19)20/h5-6,8H,3-4,7,9H2,1-2H3,(H,19,20). The van der Waals surface area contributed by atoms with Crippen molar-refractivity contribution in [3.63, 3.8) is 0 Å². The minimum absolute atomic E-state index is 0.161. The molecule has 0 aliphatic carbocycles. The normalized spacial score (nSPS) is 11.4. The number of carboxylic acid groups (broad SMARTS) is 1. The summed E-state index contributed by atoms with van der Waals surface area (Å²) in [6.07, 6.45) is 0.749. The van der Waals surface area contributed by atoms with Crippen molar-refractivity contribution in [3.8, 4) is 0 Å². The zero-order valence-electron chi connectivity index (χ0n) is 11.6. The van der Waals surface area contributed by atoms with Crippen LogP contribution in [0.2, 0.25) is 5.02 Å². The smallest absolute Gasteiger partial charge is 0.303 e. The van der Waals surface area contributed by atoms with Crippen LogP contribution in [0.25, 0.3) is 11.0 Å².